The number of allylic oxidation sites excluding steroid dienone is 10. The Bertz CT molecular complexity index is 1520. The first-order chi connectivity index (χ1) is 32.3. The highest BCUT2D eigenvalue weighted by Crippen LogP contribution is 2.43. The summed E-state index contributed by atoms with van der Waals surface area (Å²) >= 11 is 0. The molecule has 2 unspecified atom stereocenters. The Morgan fingerprint density at radius 3 is 1.66 bits per heavy atom. The van der Waals surface area contributed by atoms with E-state index in [1.165, 1.54) is 158 Å². The minimum Gasteiger partial charge on any atom is -0.462 e. The summed E-state index contributed by atoms with van der Waals surface area (Å²) in [4.78, 5) is 40.2. The molecule has 1 aliphatic carbocycles. The van der Waals surface area contributed by atoms with Crippen LogP contribution in [0.3, 0.4) is 0 Å². The lowest BCUT2D eigenvalue weighted by atomic mass is 9.72. The van der Waals surface area contributed by atoms with Crippen LogP contribution in [0.2, 0.25) is 0 Å². The van der Waals surface area contributed by atoms with Crippen molar-refractivity contribution in [2.24, 2.45) is 10.4 Å². The topological polar surface area (TPSA) is 121 Å². The monoisotopic (exact) mass is 958 g/mol. The highest BCUT2D eigenvalue weighted by atomic mass is 31.2. The normalized spacial score (nSPS) is 16.1. The first-order valence-corrected chi connectivity index (χ1v) is 28.7. The molecule has 1 rings (SSSR count). The number of carbonyl (C=O) groups is 2. The number of rotatable bonds is 43. The van der Waals surface area contributed by atoms with Crippen molar-refractivity contribution in [3.63, 3.8) is 0 Å². The SMILES string of the molecule is CCCCCCCCCCCCCCCC(=O)OCC(COP(=O)(O)OCCN=CC=C(C)C=CC=C(C)C=CC1=C(C)CCCC1(C)C)OC(=O)CCCCCCCCCCCCCCC. The summed E-state index contributed by atoms with van der Waals surface area (Å²) in [6, 6.07) is 0. The van der Waals surface area contributed by atoms with Gasteiger partial charge in [-0.2, -0.15) is 0 Å². The Labute approximate surface area is 411 Å². The lowest BCUT2D eigenvalue weighted by Gasteiger charge is -2.32. The molecule has 0 radical (unpaired) electrons. The molecule has 1 aliphatic rings. The summed E-state index contributed by atoms with van der Waals surface area (Å²) in [7, 11) is -4.50. The third-order valence-electron chi connectivity index (χ3n) is 12.8. The molecule has 386 valence electrons. The number of nitrogens with zero attached hydrogens (tertiary/aromatic N) is 1. The van der Waals surface area contributed by atoms with Crippen molar-refractivity contribution in [2.75, 3.05) is 26.4 Å². The second-order valence-corrected chi connectivity index (χ2v) is 21.3. The number of hydrogen-bond donors (Lipinski definition) is 1. The standard InChI is InChI=1S/C57H100NO8P/c1-8-10-12-14-16-18-20-22-24-26-28-30-32-39-55(59)63-48-53(66-56(60)40-33-31-29-27-25-23-21-19-17-15-13-11-9-2)49-65-67(61,62)64-47-46-58-45-43-51(4)37-34-36-50(3)41-42-54-52(5)38-35-44-57(54,6)7/h34,36-37,41-43,45,53H,8-33,35,38-40,44,46-49H2,1-7H3,(H,61,62). The van der Waals surface area contributed by atoms with Crippen LogP contribution in [0.5, 0.6) is 0 Å². The Morgan fingerprint density at radius 2 is 1.15 bits per heavy atom. The van der Waals surface area contributed by atoms with Crippen LogP contribution >= 0.6 is 7.82 Å². The highest BCUT2D eigenvalue weighted by molar-refractivity contribution is 7.47. The molecule has 1 N–H and O–H groups in total. The van der Waals surface area contributed by atoms with Crippen LogP contribution in [0.4, 0.5) is 0 Å². The number of hydrogen-bond acceptors (Lipinski definition) is 8. The number of esters is 2. The molecule has 67 heavy (non-hydrogen) atoms. The smallest absolute Gasteiger partial charge is 0.462 e. The lowest BCUT2D eigenvalue weighted by Crippen LogP contribution is -2.29. The van der Waals surface area contributed by atoms with Crippen molar-refractivity contribution in [2.45, 2.75) is 254 Å². The fourth-order valence-electron chi connectivity index (χ4n) is 8.55. The third kappa shape index (κ3) is 37.0. The van der Waals surface area contributed by atoms with Gasteiger partial charge in [0.05, 0.1) is 19.8 Å². The van der Waals surface area contributed by atoms with E-state index in [1.807, 2.05) is 25.2 Å². The third-order valence-corrected chi connectivity index (χ3v) is 13.8. The Balaban J connectivity index is 2.52. The van der Waals surface area contributed by atoms with Crippen molar-refractivity contribution in [3.8, 4) is 0 Å². The van der Waals surface area contributed by atoms with Gasteiger partial charge in [0, 0.05) is 19.1 Å². The number of phosphoric ester groups is 1. The van der Waals surface area contributed by atoms with Gasteiger partial charge in [0.15, 0.2) is 6.10 Å². The van der Waals surface area contributed by atoms with Crippen LogP contribution in [-0.2, 0) is 32.7 Å². The van der Waals surface area contributed by atoms with Gasteiger partial charge in [-0.15, -0.1) is 0 Å². The maximum atomic E-state index is 12.8. The van der Waals surface area contributed by atoms with E-state index in [0.29, 0.717) is 6.42 Å². The van der Waals surface area contributed by atoms with E-state index < -0.39 is 26.5 Å². The van der Waals surface area contributed by atoms with E-state index >= 15 is 0 Å². The van der Waals surface area contributed by atoms with Crippen LogP contribution in [-0.4, -0.2) is 55.5 Å². The molecule has 0 aromatic heterocycles. The fourth-order valence-corrected chi connectivity index (χ4v) is 9.29. The molecule has 0 bridgehead atoms. The average Bonchev–Trinajstić information content (AvgIpc) is 3.28. The summed E-state index contributed by atoms with van der Waals surface area (Å²) in [6.07, 6.45) is 48.7. The highest BCUT2D eigenvalue weighted by Gasteiger charge is 2.27. The molecule has 0 aliphatic heterocycles. The number of carbonyl (C=O) groups excluding carboxylic acids is 2. The van der Waals surface area contributed by atoms with Crippen molar-refractivity contribution >= 4 is 26.0 Å². The van der Waals surface area contributed by atoms with E-state index in [2.05, 4.69) is 64.8 Å². The van der Waals surface area contributed by atoms with Crippen molar-refractivity contribution < 1.29 is 37.6 Å². The average molecular weight is 958 g/mol. The molecular weight excluding hydrogens is 858 g/mol. The van der Waals surface area contributed by atoms with Crippen LogP contribution in [0.25, 0.3) is 0 Å². The van der Waals surface area contributed by atoms with Gasteiger partial charge < -0.3 is 14.4 Å². The number of phosphoric acid groups is 1. The van der Waals surface area contributed by atoms with E-state index in [0.717, 1.165) is 44.1 Å². The van der Waals surface area contributed by atoms with Gasteiger partial charge in [-0.25, -0.2) is 4.57 Å². The van der Waals surface area contributed by atoms with Gasteiger partial charge in [0.25, 0.3) is 0 Å². The van der Waals surface area contributed by atoms with Crippen LogP contribution in [0, 0.1) is 5.41 Å². The lowest BCUT2D eigenvalue weighted by molar-refractivity contribution is -0.161. The van der Waals surface area contributed by atoms with Crippen LogP contribution in [0.15, 0.2) is 63.7 Å². The minimum absolute atomic E-state index is 0.144. The maximum absolute atomic E-state index is 12.8. The summed E-state index contributed by atoms with van der Waals surface area (Å²) in [6.45, 7) is 14.8. The van der Waals surface area contributed by atoms with Gasteiger partial charge in [-0.3, -0.25) is 23.6 Å². The molecule has 0 spiro atoms. The number of ether oxygens (including phenoxy) is 2. The van der Waals surface area contributed by atoms with Gasteiger partial charge in [-0.05, 0) is 75.5 Å². The molecule has 0 aromatic rings. The van der Waals surface area contributed by atoms with E-state index in [-0.39, 0.29) is 44.0 Å². The van der Waals surface area contributed by atoms with Crippen LogP contribution < -0.4 is 0 Å². The number of aliphatic imine (C=N–C) groups is 1. The van der Waals surface area contributed by atoms with E-state index in [4.69, 9.17) is 18.5 Å². The molecule has 0 amide bonds. The van der Waals surface area contributed by atoms with E-state index in [1.54, 1.807) is 6.21 Å². The van der Waals surface area contributed by atoms with Gasteiger partial charge in [-0.1, -0.05) is 223 Å². The number of unbranched alkanes of at least 4 members (excludes halogenated alkanes) is 24. The summed E-state index contributed by atoms with van der Waals surface area (Å²) in [5.74, 6) is -0.826. The molecule has 9 nitrogen and oxygen atoms in total. The van der Waals surface area contributed by atoms with Gasteiger partial charge in [0.2, 0.25) is 0 Å². The summed E-state index contributed by atoms with van der Waals surface area (Å²) < 4.78 is 34.3. The molecule has 0 aromatic carbocycles. The Hall–Kier alpha value is -2.58. The largest absolute Gasteiger partial charge is 0.472 e. The maximum Gasteiger partial charge on any atom is 0.472 e. The Morgan fingerprint density at radius 1 is 0.672 bits per heavy atom. The quantitative estimate of drug-likeness (QED) is 0.0211. The fraction of sp³-hybridized carbons (Fsp3) is 0.772. The molecule has 2 atom stereocenters. The molecule has 0 heterocycles. The predicted octanol–water partition coefficient (Wildman–Crippen LogP) is 17.1. The zero-order valence-corrected chi connectivity index (χ0v) is 45.0. The summed E-state index contributed by atoms with van der Waals surface area (Å²) in [5, 5.41) is 0. The first-order valence-electron chi connectivity index (χ1n) is 27.2. The first kappa shape index (κ1) is 62.4. The second-order valence-electron chi connectivity index (χ2n) is 19.9. The van der Waals surface area contributed by atoms with Gasteiger partial charge >= 0.3 is 19.8 Å². The van der Waals surface area contributed by atoms with E-state index in [9.17, 15) is 19.0 Å². The van der Waals surface area contributed by atoms with Crippen molar-refractivity contribution in [1.29, 1.82) is 0 Å². The second kappa shape index (κ2) is 41.2. The summed E-state index contributed by atoms with van der Waals surface area (Å²) in [5.41, 5.74) is 5.32. The molecule has 0 saturated carbocycles. The van der Waals surface area contributed by atoms with Crippen molar-refractivity contribution in [3.05, 3.63) is 58.7 Å². The predicted molar refractivity (Wildman–Crippen MR) is 283 cm³/mol. The Kier molecular flexibility index (Phi) is 38.4. The molecule has 0 saturated heterocycles. The van der Waals surface area contributed by atoms with Crippen LogP contribution in [0.1, 0.15) is 248 Å². The molecular formula is C57H100NO8P. The molecule has 0 fully saturated rings. The molecule has 10 heteroatoms. The minimum atomic E-state index is -4.50. The van der Waals surface area contributed by atoms with Gasteiger partial charge in [0.1, 0.15) is 6.61 Å². The van der Waals surface area contributed by atoms with Crippen molar-refractivity contribution in [1.82, 2.24) is 0 Å². The zero-order chi connectivity index (χ0) is 49.3. The zero-order valence-electron chi connectivity index (χ0n) is 44.1.